The van der Waals surface area contributed by atoms with Crippen LogP contribution in [-0.2, 0) is 16.0 Å². The number of benzene rings is 2. The van der Waals surface area contributed by atoms with Crippen molar-refractivity contribution in [2.45, 2.75) is 18.3 Å². The maximum Gasteiger partial charge on any atom is 0.416 e. The molecular weight excluding hydrogens is 417 g/mol. The van der Waals surface area contributed by atoms with Gasteiger partial charge in [-0.05, 0) is 42.5 Å². The molecule has 28 heavy (non-hydrogen) atoms. The van der Waals surface area contributed by atoms with Crippen molar-refractivity contribution in [2.75, 3.05) is 21.3 Å². The Kier molecular flexibility index (Phi) is 4.35. The number of nitrogens with zero attached hydrogens (tertiary/aromatic N) is 2. The number of hydrogen-bond acceptors (Lipinski definition) is 3. The summed E-state index contributed by atoms with van der Waals surface area (Å²) in [5, 5.41) is 0.445. The average molecular weight is 431 g/mol. The van der Waals surface area contributed by atoms with Gasteiger partial charge in [-0.2, -0.15) is 13.2 Å². The van der Waals surface area contributed by atoms with Crippen LogP contribution in [0.1, 0.15) is 5.56 Å². The second-order valence-electron chi connectivity index (χ2n) is 6.76. The molecule has 0 aliphatic carbocycles. The van der Waals surface area contributed by atoms with Gasteiger partial charge in [-0.3, -0.25) is 9.80 Å². The van der Waals surface area contributed by atoms with Gasteiger partial charge in [0.05, 0.1) is 29.2 Å². The molecule has 0 saturated carbocycles. The number of sulfone groups is 1. The van der Waals surface area contributed by atoms with Gasteiger partial charge in [0, 0.05) is 16.4 Å². The van der Waals surface area contributed by atoms with E-state index in [0.717, 1.165) is 17.0 Å². The van der Waals surface area contributed by atoms with Gasteiger partial charge < -0.3 is 0 Å². The molecule has 0 aromatic heterocycles. The molecule has 2 amide bonds. The molecule has 2 aliphatic heterocycles. The number of anilines is 2. The lowest BCUT2D eigenvalue weighted by Crippen LogP contribution is -2.38. The minimum Gasteiger partial charge on any atom is -0.288 e. The van der Waals surface area contributed by atoms with Gasteiger partial charge in [0.15, 0.2) is 9.84 Å². The first-order chi connectivity index (χ1) is 13.1. The van der Waals surface area contributed by atoms with Crippen LogP contribution in [0.5, 0.6) is 0 Å². The third kappa shape index (κ3) is 3.22. The zero-order valence-corrected chi connectivity index (χ0v) is 15.8. The van der Waals surface area contributed by atoms with Gasteiger partial charge in [-0.25, -0.2) is 13.2 Å². The van der Waals surface area contributed by atoms with E-state index >= 15 is 0 Å². The molecular formula is C18H14ClF3N2O3S. The summed E-state index contributed by atoms with van der Waals surface area (Å²) in [4.78, 5) is 15.6. The summed E-state index contributed by atoms with van der Waals surface area (Å²) in [5.41, 5.74) is -0.445. The Labute approximate surface area is 164 Å². The van der Waals surface area contributed by atoms with E-state index in [1.807, 2.05) is 0 Å². The molecule has 2 fully saturated rings. The van der Waals surface area contributed by atoms with Crippen LogP contribution in [0.15, 0.2) is 48.5 Å². The molecule has 2 heterocycles. The molecule has 0 N–H and O–H groups in total. The first-order valence-electron chi connectivity index (χ1n) is 8.32. The molecule has 2 aliphatic rings. The molecule has 0 bridgehead atoms. The molecule has 5 nitrogen and oxygen atoms in total. The van der Waals surface area contributed by atoms with E-state index in [1.54, 1.807) is 24.3 Å². The van der Waals surface area contributed by atoms with Gasteiger partial charge in [-0.15, -0.1) is 0 Å². The maximum atomic E-state index is 13.1. The van der Waals surface area contributed by atoms with Crippen LogP contribution in [0.3, 0.4) is 0 Å². The molecule has 2 aromatic rings. The van der Waals surface area contributed by atoms with Crippen molar-refractivity contribution in [2.24, 2.45) is 0 Å². The Morgan fingerprint density at radius 1 is 0.929 bits per heavy atom. The summed E-state index contributed by atoms with van der Waals surface area (Å²) in [5.74, 6) is -0.550. The first-order valence-corrected chi connectivity index (χ1v) is 10.5. The fourth-order valence-corrected chi connectivity index (χ4v) is 5.79. The van der Waals surface area contributed by atoms with Crippen molar-refractivity contribution in [3.05, 3.63) is 59.1 Å². The average Bonchev–Trinajstić information content (AvgIpc) is 3.04. The standard InChI is InChI=1S/C18H14ClF3N2O3S/c19-12-4-6-13(7-5-12)23-15-9-28(26,27)10-16(15)24(17(23)25)14-3-1-2-11(8-14)18(20,21)22/h1-8,15-16H,9-10H2/t15-,16+/m1/s1. The molecule has 10 heteroatoms. The summed E-state index contributed by atoms with van der Waals surface area (Å²) in [6.45, 7) is 0. The number of alkyl halides is 3. The normalized spacial score (nSPS) is 23.9. The predicted molar refractivity (Wildman–Crippen MR) is 99.5 cm³/mol. The largest absolute Gasteiger partial charge is 0.416 e. The van der Waals surface area contributed by atoms with Crippen molar-refractivity contribution in [1.82, 2.24) is 0 Å². The maximum absolute atomic E-state index is 13.1. The lowest BCUT2D eigenvalue weighted by Gasteiger charge is -2.23. The zero-order chi connectivity index (χ0) is 20.3. The number of hydrogen-bond donors (Lipinski definition) is 0. The Bertz CT molecular complexity index is 1040. The molecule has 0 radical (unpaired) electrons. The molecule has 148 valence electrons. The van der Waals surface area contributed by atoms with Crippen LogP contribution >= 0.6 is 11.6 Å². The fourth-order valence-electron chi connectivity index (χ4n) is 3.74. The van der Waals surface area contributed by atoms with E-state index in [1.165, 1.54) is 17.0 Å². The number of halogens is 4. The molecule has 2 saturated heterocycles. The summed E-state index contributed by atoms with van der Waals surface area (Å²) in [6, 6.07) is 8.63. The van der Waals surface area contributed by atoms with E-state index < -0.39 is 39.7 Å². The van der Waals surface area contributed by atoms with Crippen LogP contribution < -0.4 is 9.80 Å². The Morgan fingerprint density at radius 3 is 2.07 bits per heavy atom. The quantitative estimate of drug-likeness (QED) is 0.677. The second kappa shape index (κ2) is 6.38. The molecule has 4 rings (SSSR count). The van der Waals surface area contributed by atoms with Crippen LogP contribution in [-0.4, -0.2) is 38.0 Å². The van der Waals surface area contributed by atoms with Crippen molar-refractivity contribution in [3.8, 4) is 0 Å². The zero-order valence-electron chi connectivity index (χ0n) is 14.2. The van der Waals surface area contributed by atoms with Crippen LogP contribution in [0.2, 0.25) is 5.02 Å². The van der Waals surface area contributed by atoms with E-state index in [2.05, 4.69) is 0 Å². The number of carbonyl (C=O) groups is 1. The fraction of sp³-hybridized carbons (Fsp3) is 0.278. The predicted octanol–water partition coefficient (Wildman–Crippen LogP) is 3.97. The van der Waals surface area contributed by atoms with Gasteiger partial charge in [0.2, 0.25) is 0 Å². The van der Waals surface area contributed by atoms with Crippen molar-refractivity contribution < 1.29 is 26.4 Å². The minimum absolute atomic E-state index is 0.0170. The number of rotatable bonds is 2. The highest BCUT2D eigenvalue weighted by molar-refractivity contribution is 7.91. The number of fused-ring (bicyclic) bond motifs is 1. The Balaban J connectivity index is 1.80. The number of carbonyl (C=O) groups excluding carboxylic acids is 1. The molecule has 0 unspecified atom stereocenters. The van der Waals surface area contributed by atoms with Crippen LogP contribution in [0.4, 0.5) is 29.3 Å². The second-order valence-corrected chi connectivity index (χ2v) is 9.35. The summed E-state index contributed by atoms with van der Waals surface area (Å²) in [7, 11) is -3.44. The van der Waals surface area contributed by atoms with Gasteiger partial charge in [0.25, 0.3) is 0 Å². The number of urea groups is 1. The number of amides is 2. The van der Waals surface area contributed by atoms with E-state index in [0.29, 0.717) is 10.7 Å². The smallest absolute Gasteiger partial charge is 0.288 e. The third-order valence-electron chi connectivity index (χ3n) is 4.93. The SMILES string of the molecule is O=C1N(c2ccc(Cl)cc2)[C@@H]2CS(=O)(=O)C[C@@H]2N1c1cccc(C(F)(F)F)c1. The summed E-state index contributed by atoms with van der Waals surface area (Å²) < 4.78 is 63.7. The van der Waals surface area contributed by atoms with E-state index in [4.69, 9.17) is 11.6 Å². The topological polar surface area (TPSA) is 57.7 Å². The van der Waals surface area contributed by atoms with E-state index in [-0.39, 0.29) is 17.2 Å². The molecule has 2 atom stereocenters. The Morgan fingerprint density at radius 2 is 1.50 bits per heavy atom. The molecule has 0 spiro atoms. The first kappa shape index (κ1) is 19.1. The van der Waals surface area contributed by atoms with E-state index in [9.17, 15) is 26.4 Å². The van der Waals surface area contributed by atoms with Crippen molar-refractivity contribution >= 4 is 38.8 Å². The van der Waals surface area contributed by atoms with Gasteiger partial charge in [0.1, 0.15) is 0 Å². The Hall–Kier alpha value is -2.26. The van der Waals surface area contributed by atoms with Crippen LogP contribution in [0.25, 0.3) is 0 Å². The van der Waals surface area contributed by atoms with Gasteiger partial charge in [-0.1, -0.05) is 17.7 Å². The lowest BCUT2D eigenvalue weighted by molar-refractivity contribution is -0.137. The third-order valence-corrected chi connectivity index (χ3v) is 6.88. The molecule has 2 aromatic carbocycles. The highest BCUT2D eigenvalue weighted by Gasteiger charge is 2.54. The van der Waals surface area contributed by atoms with Crippen molar-refractivity contribution in [3.63, 3.8) is 0 Å². The lowest BCUT2D eigenvalue weighted by atomic mass is 10.1. The summed E-state index contributed by atoms with van der Waals surface area (Å²) in [6.07, 6.45) is -4.57. The van der Waals surface area contributed by atoms with Crippen molar-refractivity contribution in [1.29, 1.82) is 0 Å². The highest BCUT2D eigenvalue weighted by Crippen LogP contribution is 2.40. The monoisotopic (exact) mass is 430 g/mol. The summed E-state index contributed by atoms with van der Waals surface area (Å²) >= 11 is 5.88. The van der Waals surface area contributed by atoms with Gasteiger partial charge >= 0.3 is 12.2 Å². The van der Waals surface area contributed by atoms with Crippen LogP contribution in [0, 0.1) is 0 Å². The minimum atomic E-state index is -4.57. The highest BCUT2D eigenvalue weighted by atomic mass is 35.5.